The molecular formula is C23H29N3O2S2. The Bertz CT molecular complexity index is 926. The molecule has 1 N–H and O–H groups in total. The summed E-state index contributed by atoms with van der Waals surface area (Å²) in [6, 6.07) is 9.80. The number of para-hydroxylation sites is 2. The van der Waals surface area contributed by atoms with E-state index in [2.05, 4.69) is 15.3 Å². The fourth-order valence-electron chi connectivity index (χ4n) is 3.21. The van der Waals surface area contributed by atoms with E-state index in [9.17, 15) is 4.79 Å². The summed E-state index contributed by atoms with van der Waals surface area (Å²) >= 11 is 3.24. The first-order valence-electron chi connectivity index (χ1n) is 10.4. The molecule has 0 aliphatic heterocycles. The smallest absolute Gasteiger partial charge is 0.256 e. The second kappa shape index (κ2) is 12.0. The number of pyridine rings is 1. The van der Waals surface area contributed by atoms with Gasteiger partial charge in [-0.15, -0.1) is 11.8 Å². The van der Waals surface area contributed by atoms with Crippen molar-refractivity contribution in [1.29, 1.82) is 0 Å². The quantitative estimate of drug-likeness (QED) is 0.248. The molecular weight excluding hydrogens is 414 g/mol. The van der Waals surface area contributed by atoms with Gasteiger partial charge in [0.1, 0.15) is 10.5 Å². The predicted octanol–water partition coefficient (Wildman–Crippen LogP) is 6.71. The third kappa shape index (κ3) is 6.77. The van der Waals surface area contributed by atoms with Crippen LogP contribution >= 0.6 is 23.5 Å². The molecule has 0 aliphatic rings. The fourth-order valence-corrected chi connectivity index (χ4v) is 4.63. The van der Waals surface area contributed by atoms with Crippen LogP contribution < -0.4 is 5.32 Å². The standard InChI is InChI=1S/C23H29N3O2S2/c1-17-14-15-24-22(29-2)21(17)26-20(27)13-7-5-3-4-6-10-16-30-23-25-18-11-8-9-12-19(18)28-23/h8-9,11-12,14-15H,3-7,10,13,16H2,1-2H3,(H,26,27). The largest absolute Gasteiger partial charge is 0.431 e. The molecule has 0 spiro atoms. The second-order valence-corrected chi connectivity index (χ2v) is 9.07. The van der Waals surface area contributed by atoms with Crippen LogP contribution in [0.3, 0.4) is 0 Å². The van der Waals surface area contributed by atoms with E-state index in [-0.39, 0.29) is 5.91 Å². The van der Waals surface area contributed by atoms with Gasteiger partial charge in [-0.1, -0.05) is 49.6 Å². The zero-order valence-electron chi connectivity index (χ0n) is 17.6. The lowest BCUT2D eigenvalue weighted by molar-refractivity contribution is -0.116. The topological polar surface area (TPSA) is 68.0 Å². The Morgan fingerprint density at radius 1 is 1.07 bits per heavy atom. The molecule has 7 heteroatoms. The van der Waals surface area contributed by atoms with Crippen molar-refractivity contribution in [3.63, 3.8) is 0 Å². The maximum absolute atomic E-state index is 12.2. The van der Waals surface area contributed by atoms with E-state index in [1.54, 1.807) is 29.7 Å². The van der Waals surface area contributed by atoms with Gasteiger partial charge >= 0.3 is 0 Å². The minimum Gasteiger partial charge on any atom is -0.431 e. The highest BCUT2D eigenvalue weighted by Gasteiger charge is 2.10. The summed E-state index contributed by atoms with van der Waals surface area (Å²) in [5.74, 6) is 1.11. The van der Waals surface area contributed by atoms with E-state index in [0.29, 0.717) is 6.42 Å². The predicted molar refractivity (Wildman–Crippen MR) is 126 cm³/mol. The van der Waals surface area contributed by atoms with Gasteiger partial charge in [0.25, 0.3) is 5.22 Å². The molecule has 0 fully saturated rings. The van der Waals surface area contributed by atoms with Crippen LogP contribution in [0, 0.1) is 6.92 Å². The number of nitrogens with one attached hydrogen (secondary N) is 1. The van der Waals surface area contributed by atoms with Crippen LogP contribution in [-0.4, -0.2) is 27.9 Å². The normalized spacial score (nSPS) is 11.1. The molecule has 0 unspecified atom stereocenters. The minimum atomic E-state index is 0.0798. The summed E-state index contributed by atoms with van der Waals surface area (Å²) in [6.45, 7) is 2.00. The molecule has 0 radical (unpaired) electrons. The average Bonchev–Trinajstić information content (AvgIpc) is 3.17. The van der Waals surface area contributed by atoms with E-state index in [1.807, 2.05) is 43.5 Å². The SMILES string of the molecule is CSc1nccc(C)c1NC(=O)CCCCCCCCSc1nc2ccccc2o1. The van der Waals surface area contributed by atoms with Crippen LogP contribution in [0.25, 0.3) is 11.1 Å². The highest BCUT2D eigenvalue weighted by atomic mass is 32.2. The Kier molecular flexibility index (Phi) is 9.08. The van der Waals surface area contributed by atoms with Crippen LogP contribution in [0.2, 0.25) is 0 Å². The van der Waals surface area contributed by atoms with Crippen LogP contribution in [-0.2, 0) is 4.79 Å². The molecule has 0 aliphatic carbocycles. The van der Waals surface area contributed by atoms with E-state index < -0.39 is 0 Å². The molecule has 0 bridgehead atoms. The lowest BCUT2D eigenvalue weighted by Crippen LogP contribution is -2.13. The summed E-state index contributed by atoms with van der Waals surface area (Å²) in [6.07, 6.45) is 11.1. The number of carbonyl (C=O) groups is 1. The number of nitrogens with zero attached hydrogens (tertiary/aromatic N) is 2. The summed E-state index contributed by atoms with van der Waals surface area (Å²) in [5, 5.41) is 4.67. The van der Waals surface area contributed by atoms with Crippen LogP contribution in [0.5, 0.6) is 0 Å². The van der Waals surface area contributed by atoms with Gasteiger partial charge in [0.15, 0.2) is 5.58 Å². The number of aryl methyl sites for hydroxylation is 1. The van der Waals surface area contributed by atoms with Crippen molar-refractivity contribution in [2.24, 2.45) is 0 Å². The number of aromatic nitrogens is 2. The number of fused-ring (bicyclic) bond motifs is 1. The minimum absolute atomic E-state index is 0.0798. The number of carbonyl (C=O) groups excluding carboxylic acids is 1. The molecule has 3 rings (SSSR count). The highest BCUT2D eigenvalue weighted by Crippen LogP contribution is 2.26. The summed E-state index contributed by atoms with van der Waals surface area (Å²) in [4.78, 5) is 21.1. The molecule has 0 atom stereocenters. The zero-order valence-corrected chi connectivity index (χ0v) is 19.3. The second-order valence-electron chi connectivity index (χ2n) is 7.23. The third-order valence-corrected chi connectivity index (χ3v) is 6.49. The van der Waals surface area contributed by atoms with Gasteiger partial charge in [-0.2, -0.15) is 0 Å². The maximum Gasteiger partial charge on any atom is 0.256 e. The molecule has 3 aromatic rings. The van der Waals surface area contributed by atoms with E-state index >= 15 is 0 Å². The number of rotatable bonds is 12. The van der Waals surface area contributed by atoms with Crippen LogP contribution in [0.4, 0.5) is 5.69 Å². The maximum atomic E-state index is 12.2. The first-order chi connectivity index (χ1) is 14.7. The highest BCUT2D eigenvalue weighted by molar-refractivity contribution is 7.99. The van der Waals surface area contributed by atoms with Crippen molar-refractivity contribution in [3.8, 4) is 0 Å². The lowest BCUT2D eigenvalue weighted by Gasteiger charge is -2.11. The van der Waals surface area contributed by atoms with Gasteiger partial charge < -0.3 is 9.73 Å². The molecule has 0 saturated heterocycles. The molecule has 0 saturated carbocycles. The van der Waals surface area contributed by atoms with Gasteiger partial charge in [-0.25, -0.2) is 9.97 Å². The third-order valence-electron chi connectivity index (χ3n) is 4.88. The molecule has 2 heterocycles. The van der Waals surface area contributed by atoms with Gasteiger partial charge in [-0.3, -0.25) is 4.79 Å². The molecule has 5 nitrogen and oxygen atoms in total. The number of hydrogen-bond donors (Lipinski definition) is 1. The number of hydrogen-bond acceptors (Lipinski definition) is 6. The molecule has 30 heavy (non-hydrogen) atoms. The first-order valence-corrected chi connectivity index (χ1v) is 12.7. The number of benzene rings is 1. The Morgan fingerprint density at radius 3 is 2.63 bits per heavy atom. The van der Waals surface area contributed by atoms with Crippen molar-refractivity contribution in [2.45, 2.75) is 62.1 Å². The van der Waals surface area contributed by atoms with Crippen molar-refractivity contribution >= 4 is 46.2 Å². The molecule has 2 aromatic heterocycles. The van der Waals surface area contributed by atoms with E-state index in [4.69, 9.17) is 4.42 Å². The summed E-state index contributed by atoms with van der Waals surface area (Å²) < 4.78 is 5.72. The van der Waals surface area contributed by atoms with Crippen LogP contribution in [0.15, 0.2) is 51.2 Å². The summed E-state index contributed by atoms with van der Waals surface area (Å²) in [5.41, 5.74) is 3.68. The fraction of sp³-hybridized carbons (Fsp3) is 0.435. The Hall–Kier alpha value is -1.99. The number of unbranched alkanes of at least 4 members (excludes halogenated alkanes) is 5. The van der Waals surface area contributed by atoms with Crippen molar-refractivity contribution in [1.82, 2.24) is 9.97 Å². The van der Waals surface area contributed by atoms with Gasteiger partial charge in [0.05, 0.1) is 5.69 Å². The molecule has 160 valence electrons. The Labute approximate surface area is 186 Å². The Morgan fingerprint density at radius 2 is 1.83 bits per heavy atom. The van der Waals surface area contributed by atoms with E-state index in [1.165, 1.54) is 19.3 Å². The Balaban J connectivity index is 1.23. The van der Waals surface area contributed by atoms with Gasteiger partial charge in [0, 0.05) is 18.4 Å². The van der Waals surface area contributed by atoms with Gasteiger partial charge in [-0.05, 0) is 49.8 Å². The lowest BCUT2D eigenvalue weighted by atomic mass is 10.1. The monoisotopic (exact) mass is 443 g/mol. The van der Waals surface area contributed by atoms with Crippen molar-refractivity contribution in [3.05, 3.63) is 42.1 Å². The first kappa shape index (κ1) is 22.7. The van der Waals surface area contributed by atoms with E-state index in [0.717, 1.165) is 57.6 Å². The number of thioether (sulfide) groups is 2. The molecule has 1 amide bonds. The van der Waals surface area contributed by atoms with Crippen molar-refractivity contribution in [2.75, 3.05) is 17.3 Å². The summed E-state index contributed by atoms with van der Waals surface area (Å²) in [7, 11) is 0. The van der Waals surface area contributed by atoms with Crippen LogP contribution in [0.1, 0.15) is 50.5 Å². The number of oxazole rings is 1. The van der Waals surface area contributed by atoms with Crippen molar-refractivity contribution < 1.29 is 9.21 Å². The zero-order chi connectivity index (χ0) is 21.2. The van der Waals surface area contributed by atoms with Gasteiger partial charge in [0.2, 0.25) is 5.91 Å². The average molecular weight is 444 g/mol. The number of anilines is 1. The number of amides is 1. The molecule has 1 aromatic carbocycles.